The average molecular weight is 584 g/mol. The van der Waals surface area contributed by atoms with E-state index in [0.29, 0.717) is 11.2 Å². The number of benzene rings is 2. The number of ether oxygens (including phenoxy) is 2. The number of imidazole rings is 1. The van der Waals surface area contributed by atoms with E-state index in [1.54, 1.807) is 18.2 Å². The molecule has 0 fully saturated rings. The minimum absolute atomic E-state index is 0.0191. The minimum Gasteiger partial charge on any atom is -0.475 e. The molecule has 2 N–H and O–H groups in total. The standard InChI is InChI=1S/C24H21F3N4O3.C2HF3O2/c1-23(2,3)16-9-7-15(8-10-16)22(32)29-19-14-31-20(28-19)11-12-21(30-31)33-17-5-4-6-18(13-17)34-24(25,26)27;3-2(4,5)1(6)7/h4-14H,1-3H3,(H,29,32);(H,6,7). The fourth-order valence-electron chi connectivity index (χ4n) is 3.14. The Balaban J connectivity index is 0.000000587. The molecule has 0 saturated carbocycles. The predicted octanol–water partition coefficient (Wildman–Crippen LogP) is 6.60. The van der Waals surface area contributed by atoms with Gasteiger partial charge < -0.3 is 19.9 Å². The third kappa shape index (κ3) is 9.12. The van der Waals surface area contributed by atoms with Crippen LogP contribution in [0.5, 0.6) is 17.4 Å². The molecular weight excluding hydrogens is 562 g/mol. The summed E-state index contributed by atoms with van der Waals surface area (Å²) in [6.07, 6.45) is -8.38. The van der Waals surface area contributed by atoms with Gasteiger partial charge in [-0.05, 0) is 41.3 Å². The van der Waals surface area contributed by atoms with Crippen LogP contribution < -0.4 is 14.8 Å². The van der Waals surface area contributed by atoms with Crippen LogP contribution >= 0.6 is 0 Å². The molecule has 218 valence electrons. The highest BCUT2D eigenvalue weighted by atomic mass is 19.4. The average Bonchev–Trinajstić information content (AvgIpc) is 3.24. The highest BCUT2D eigenvalue weighted by Crippen LogP contribution is 2.28. The number of hydrogen-bond acceptors (Lipinski definition) is 6. The molecule has 0 spiro atoms. The molecule has 1 amide bonds. The maximum Gasteiger partial charge on any atom is 0.573 e. The molecule has 0 saturated heterocycles. The fourth-order valence-corrected chi connectivity index (χ4v) is 3.14. The second-order valence-corrected chi connectivity index (χ2v) is 9.31. The Morgan fingerprint density at radius 1 is 0.902 bits per heavy atom. The van der Waals surface area contributed by atoms with Gasteiger partial charge in [0.2, 0.25) is 5.88 Å². The Kier molecular flexibility index (Phi) is 8.79. The summed E-state index contributed by atoms with van der Waals surface area (Å²) in [6.45, 7) is 6.28. The predicted molar refractivity (Wildman–Crippen MR) is 133 cm³/mol. The fraction of sp³-hybridized carbons (Fsp3) is 0.231. The molecule has 0 radical (unpaired) electrons. The Morgan fingerprint density at radius 3 is 2.07 bits per heavy atom. The first kappa shape index (κ1) is 30.7. The smallest absolute Gasteiger partial charge is 0.475 e. The summed E-state index contributed by atoms with van der Waals surface area (Å²) in [5, 5.41) is 14.1. The third-order valence-electron chi connectivity index (χ3n) is 5.05. The normalized spacial score (nSPS) is 11.8. The first-order chi connectivity index (χ1) is 18.9. The number of rotatable bonds is 5. The van der Waals surface area contributed by atoms with Crippen LogP contribution in [0.25, 0.3) is 5.65 Å². The number of carboxylic acid groups (broad SMARTS) is 1. The molecule has 2 heterocycles. The summed E-state index contributed by atoms with van der Waals surface area (Å²) in [7, 11) is 0. The lowest BCUT2D eigenvalue weighted by molar-refractivity contribution is -0.274. The number of nitrogens with zero attached hydrogens (tertiary/aromatic N) is 3. The molecule has 0 aliphatic heterocycles. The number of alkyl halides is 6. The third-order valence-corrected chi connectivity index (χ3v) is 5.05. The van der Waals surface area contributed by atoms with Gasteiger partial charge in [-0.15, -0.1) is 18.3 Å². The van der Waals surface area contributed by atoms with Crippen LogP contribution in [0, 0.1) is 0 Å². The van der Waals surface area contributed by atoms with Crippen molar-refractivity contribution >= 4 is 23.3 Å². The summed E-state index contributed by atoms with van der Waals surface area (Å²) in [4.78, 5) is 25.8. The summed E-state index contributed by atoms with van der Waals surface area (Å²) in [5.41, 5.74) is 2.03. The van der Waals surface area contributed by atoms with E-state index < -0.39 is 24.3 Å². The number of carbonyl (C=O) groups excluding carboxylic acids is 1. The summed E-state index contributed by atoms with van der Waals surface area (Å²) in [5.74, 6) is -2.97. The Hall–Kier alpha value is -4.82. The van der Waals surface area contributed by atoms with Crippen molar-refractivity contribution in [2.24, 2.45) is 0 Å². The van der Waals surface area contributed by atoms with Crippen molar-refractivity contribution in [3.8, 4) is 17.4 Å². The van der Waals surface area contributed by atoms with Gasteiger partial charge in [0.25, 0.3) is 5.91 Å². The molecule has 4 rings (SSSR count). The Labute approximate surface area is 228 Å². The summed E-state index contributed by atoms with van der Waals surface area (Å²) in [6, 6.07) is 15.6. The lowest BCUT2D eigenvalue weighted by atomic mass is 9.87. The van der Waals surface area contributed by atoms with Crippen LogP contribution in [0.15, 0.2) is 66.9 Å². The van der Waals surface area contributed by atoms with E-state index in [4.69, 9.17) is 14.6 Å². The molecule has 9 nitrogen and oxygen atoms in total. The molecule has 0 atom stereocenters. The van der Waals surface area contributed by atoms with E-state index in [2.05, 4.69) is 40.9 Å². The van der Waals surface area contributed by atoms with Crippen LogP contribution in [-0.2, 0) is 10.2 Å². The van der Waals surface area contributed by atoms with Gasteiger partial charge in [-0.3, -0.25) is 4.79 Å². The minimum atomic E-state index is -5.08. The highest BCUT2D eigenvalue weighted by Gasteiger charge is 2.38. The molecular formula is C26H22F6N4O5. The van der Waals surface area contributed by atoms with E-state index in [1.807, 2.05) is 12.1 Å². The van der Waals surface area contributed by atoms with Crippen LogP contribution in [0.4, 0.5) is 32.2 Å². The zero-order valence-corrected chi connectivity index (χ0v) is 21.5. The number of amides is 1. The van der Waals surface area contributed by atoms with Gasteiger partial charge in [-0.25, -0.2) is 14.3 Å². The molecule has 2 aromatic carbocycles. The quantitative estimate of drug-likeness (QED) is 0.254. The van der Waals surface area contributed by atoms with Gasteiger partial charge in [-0.1, -0.05) is 39.0 Å². The highest BCUT2D eigenvalue weighted by molar-refractivity contribution is 6.03. The van der Waals surface area contributed by atoms with Crippen molar-refractivity contribution in [1.29, 1.82) is 0 Å². The maximum atomic E-state index is 12.6. The van der Waals surface area contributed by atoms with Gasteiger partial charge >= 0.3 is 18.5 Å². The molecule has 15 heteroatoms. The van der Waals surface area contributed by atoms with Crippen molar-refractivity contribution in [2.45, 2.75) is 38.7 Å². The van der Waals surface area contributed by atoms with E-state index in [1.165, 1.54) is 35.0 Å². The number of aliphatic carboxylic acids is 1. The Morgan fingerprint density at radius 2 is 1.51 bits per heavy atom. The number of anilines is 1. The van der Waals surface area contributed by atoms with Gasteiger partial charge in [0.15, 0.2) is 11.5 Å². The SMILES string of the molecule is CC(C)(C)c1ccc(C(=O)Nc2cn3nc(Oc4cccc(OC(F)(F)F)c4)ccc3n2)cc1.O=C(O)C(F)(F)F. The van der Waals surface area contributed by atoms with Gasteiger partial charge in [0.05, 0.1) is 6.20 Å². The lowest BCUT2D eigenvalue weighted by Gasteiger charge is -2.18. The number of fused-ring (bicyclic) bond motifs is 1. The molecule has 0 bridgehead atoms. The van der Waals surface area contributed by atoms with Crippen LogP contribution in [0.3, 0.4) is 0 Å². The van der Waals surface area contributed by atoms with E-state index in [9.17, 15) is 31.1 Å². The summed E-state index contributed by atoms with van der Waals surface area (Å²) < 4.78 is 79.8. The maximum absolute atomic E-state index is 12.6. The monoisotopic (exact) mass is 584 g/mol. The van der Waals surface area contributed by atoms with Crippen molar-refractivity contribution < 1.29 is 50.5 Å². The number of aromatic nitrogens is 3. The second-order valence-electron chi connectivity index (χ2n) is 9.31. The van der Waals surface area contributed by atoms with E-state index in [-0.39, 0.29) is 28.8 Å². The number of carboxylic acids is 1. The van der Waals surface area contributed by atoms with Gasteiger partial charge in [0.1, 0.15) is 11.5 Å². The van der Waals surface area contributed by atoms with E-state index >= 15 is 0 Å². The van der Waals surface area contributed by atoms with Gasteiger partial charge in [-0.2, -0.15) is 13.2 Å². The van der Waals surface area contributed by atoms with Crippen LogP contribution in [0.2, 0.25) is 0 Å². The largest absolute Gasteiger partial charge is 0.573 e. The lowest BCUT2D eigenvalue weighted by Crippen LogP contribution is -2.21. The van der Waals surface area contributed by atoms with Crippen molar-refractivity contribution in [1.82, 2.24) is 14.6 Å². The number of carbonyl (C=O) groups is 2. The van der Waals surface area contributed by atoms with Crippen molar-refractivity contribution in [3.63, 3.8) is 0 Å². The first-order valence-corrected chi connectivity index (χ1v) is 11.5. The number of hydrogen-bond donors (Lipinski definition) is 2. The molecule has 2 aromatic heterocycles. The number of halogens is 6. The topological polar surface area (TPSA) is 115 Å². The Bertz CT molecular complexity index is 1530. The van der Waals surface area contributed by atoms with Gasteiger partial charge in [0, 0.05) is 17.7 Å². The van der Waals surface area contributed by atoms with Crippen LogP contribution in [0.1, 0.15) is 36.7 Å². The summed E-state index contributed by atoms with van der Waals surface area (Å²) >= 11 is 0. The number of nitrogens with one attached hydrogen (secondary N) is 1. The molecule has 41 heavy (non-hydrogen) atoms. The molecule has 0 aliphatic carbocycles. The first-order valence-electron chi connectivity index (χ1n) is 11.5. The van der Waals surface area contributed by atoms with Crippen LogP contribution in [-0.4, -0.2) is 44.1 Å². The van der Waals surface area contributed by atoms with Crippen molar-refractivity contribution in [2.75, 3.05) is 5.32 Å². The molecule has 4 aromatic rings. The van der Waals surface area contributed by atoms with E-state index in [0.717, 1.165) is 11.6 Å². The zero-order chi connectivity index (χ0) is 30.6. The molecule has 0 aliphatic rings. The zero-order valence-electron chi connectivity index (χ0n) is 21.5. The molecule has 0 unspecified atom stereocenters. The van der Waals surface area contributed by atoms with Crippen molar-refractivity contribution in [3.05, 3.63) is 78.0 Å². The second kappa shape index (κ2) is 11.7.